The first-order valence-corrected chi connectivity index (χ1v) is 8.15. The van der Waals surface area contributed by atoms with Crippen LogP contribution in [0, 0.1) is 0 Å². The molecule has 0 spiro atoms. The Bertz CT molecular complexity index is 642. The van der Waals surface area contributed by atoms with E-state index < -0.39 is 0 Å². The van der Waals surface area contributed by atoms with E-state index >= 15 is 0 Å². The zero-order valence-electron chi connectivity index (χ0n) is 12.1. The molecule has 0 amide bonds. The maximum absolute atomic E-state index is 6.16. The van der Waals surface area contributed by atoms with Crippen molar-refractivity contribution in [3.8, 4) is 0 Å². The van der Waals surface area contributed by atoms with Gasteiger partial charge in [-0.25, -0.2) is 0 Å². The highest BCUT2D eigenvalue weighted by Crippen LogP contribution is 2.27. The molecule has 3 rings (SSSR count). The van der Waals surface area contributed by atoms with Gasteiger partial charge in [-0.15, -0.1) is 5.10 Å². The molecular weight excluding hydrogens is 321 g/mol. The van der Waals surface area contributed by atoms with Crippen LogP contribution in [0.25, 0.3) is 0 Å². The highest BCUT2D eigenvalue weighted by Gasteiger charge is 2.13. The van der Waals surface area contributed by atoms with E-state index in [1.165, 1.54) is 25.7 Å². The predicted octanol–water partition coefficient (Wildman–Crippen LogP) is 4.30. The second-order valence-electron chi connectivity index (χ2n) is 5.29. The van der Waals surface area contributed by atoms with E-state index in [4.69, 9.17) is 23.2 Å². The van der Waals surface area contributed by atoms with E-state index in [0.29, 0.717) is 21.7 Å². The van der Waals surface area contributed by atoms with Gasteiger partial charge in [-0.05, 0) is 31.0 Å². The molecule has 0 atom stereocenters. The van der Waals surface area contributed by atoms with Crippen LogP contribution in [0.15, 0.2) is 24.4 Å². The van der Waals surface area contributed by atoms with Crippen molar-refractivity contribution in [2.75, 3.05) is 23.3 Å². The number of halogens is 2. The third-order valence-corrected chi connectivity index (χ3v) is 4.20. The minimum Gasteiger partial charge on any atom is -0.355 e. The van der Waals surface area contributed by atoms with Crippen molar-refractivity contribution in [1.29, 1.82) is 0 Å². The molecule has 116 valence electrons. The first kappa shape index (κ1) is 15.3. The first-order chi connectivity index (χ1) is 10.7. The van der Waals surface area contributed by atoms with Gasteiger partial charge in [-0.1, -0.05) is 36.0 Å². The van der Waals surface area contributed by atoms with Crippen LogP contribution in [0.3, 0.4) is 0 Å². The second-order valence-corrected chi connectivity index (χ2v) is 6.13. The SMILES string of the molecule is Clc1ccc(Nc2nncc(N3CCCCCC3)n2)c(Cl)c1. The molecule has 0 bridgehead atoms. The molecule has 5 nitrogen and oxygen atoms in total. The molecule has 1 aromatic heterocycles. The summed E-state index contributed by atoms with van der Waals surface area (Å²) in [4.78, 5) is 6.81. The molecule has 7 heteroatoms. The van der Waals surface area contributed by atoms with E-state index in [1.807, 2.05) is 0 Å². The van der Waals surface area contributed by atoms with E-state index in [1.54, 1.807) is 24.4 Å². The van der Waals surface area contributed by atoms with Crippen LogP contribution >= 0.6 is 23.2 Å². The van der Waals surface area contributed by atoms with Gasteiger partial charge in [0.15, 0.2) is 5.82 Å². The molecule has 1 saturated heterocycles. The fourth-order valence-corrected chi connectivity index (χ4v) is 2.97. The van der Waals surface area contributed by atoms with Gasteiger partial charge in [0.05, 0.1) is 16.9 Å². The summed E-state index contributed by atoms with van der Waals surface area (Å²) in [6, 6.07) is 5.24. The number of nitrogens with zero attached hydrogens (tertiary/aromatic N) is 4. The molecule has 1 N–H and O–H groups in total. The number of hydrogen-bond acceptors (Lipinski definition) is 5. The Morgan fingerprint density at radius 1 is 1.05 bits per heavy atom. The molecule has 0 aliphatic carbocycles. The van der Waals surface area contributed by atoms with Crippen molar-refractivity contribution >= 4 is 40.7 Å². The lowest BCUT2D eigenvalue weighted by molar-refractivity contribution is 0.726. The van der Waals surface area contributed by atoms with E-state index in [2.05, 4.69) is 25.4 Å². The highest BCUT2D eigenvalue weighted by molar-refractivity contribution is 6.36. The van der Waals surface area contributed by atoms with Gasteiger partial charge >= 0.3 is 0 Å². The van der Waals surface area contributed by atoms with Gasteiger partial charge in [-0.3, -0.25) is 0 Å². The van der Waals surface area contributed by atoms with Gasteiger partial charge in [0, 0.05) is 18.1 Å². The van der Waals surface area contributed by atoms with Crippen molar-refractivity contribution in [2.24, 2.45) is 0 Å². The predicted molar refractivity (Wildman–Crippen MR) is 90.3 cm³/mol. The van der Waals surface area contributed by atoms with Crippen LogP contribution in [-0.2, 0) is 0 Å². The van der Waals surface area contributed by atoms with Crippen molar-refractivity contribution < 1.29 is 0 Å². The minimum atomic E-state index is 0.436. The van der Waals surface area contributed by atoms with Gasteiger partial charge in [0.1, 0.15) is 0 Å². The molecule has 0 saturated carbocycles. The number of rotatable bonds is 3. The largest absolute Gasteiger partial charge is 0.355 e. The molecule has 2 heterocycles. The maximum Gasteiger partial charge on any atom is 0.249 e. The summed E-state index contributed by atoms with van der Waals surface area (Å²) < 4.78 is 0. The molecule has 0 radical (unpaired) electrons. The summed E-state index contributed by atoms with van der Waals surface area (Å²) >= 11 is 12.1. The number of nitrogens with one attached hydrogen (secondary N) is 1. The fraction of sp³-hybridized carbons (Fsp3) is 0.400. The monoisotopic (exact) mass is 337 g/mol. The average molecular weight is 338 g/mol. The minimum absolute atomic E-state index is 0.436. The lowest BCUT2D eigenvalue weighted by Gasteiger charge is -2.21. The zero-order valence-corrected chi connectivity index (χ0v) is 13.6. The molecule has 0 unspecified atom stereocenters. The van der Waals surface area contributed by atoms with Crippen LogP contribution in [0.5, 0.6) is 0 Å². The molecule has 22 heavy (non-hydrogen) atoms. The van der Waals surface area contributed by atoms with Gasteiger partial charge < -0.3 is 10.2 Å². The number of hydrogen-bond donors (Lipinski definition) is 1. The zero-order chi connectivity index (χ0) is 15.4. The summed E-state index contributed by atoms with van der Waals surface area (Å²) in [5.41, 5.74) is 0.709. The number of aromatic nitrogens is 3. The second kappa shape index (κ2) is 7.11. The quantitative estimate of drug-likeness (QED) is 0.904. The molecule has 2 aromatic rings. The molecular formula is C15H17Cl2N5. The Labute approximate surface area is 139 Å². The summed E-state index contributed by atoms with van der Waals surface area (Å²) in [6.45, 7) is 2.03. The van der Waals surface area contributed by atoms with Crippen molar-refractivity contribution in [1.82, 2.24) is 15.2 Å². The summed E-state index contributed by atoms with van der Waals surface area (Å²) in [7, 11) is 0. The normalized spacial score (nSPS) is 15.5. The summed E-state index contributed by atoms with van der Waals surface area (Å²) in [5, 5.41) is 12.3. The van der Waals surface area contributed by atoms with E-state index in [-0.39, 0.29) is 0 Å². The lowest BCUT2D eigenvalue weighted by atomic mass is 10.2. The third kappa shape index (κ3) is 3.78. The van der Waals surface area contributed by atoms with Gasteiger partial charge in [-0.2, -0.15) is 10.1 Å². The summed E-state index contributed by atoms with van der Waals surface area (Å²) in [6.07, 6.45) is 6.65. The molecule has 1 aromatic carbocycles. The Morgan fingerprint density at radius 3 is 2.55 bits per heavy atom. The standard InChI is InChI=1S/C15H17Cl2N5/c16-11-5-6-13(12(17)9-11)19-15-20-14(10-18-21-15)22-7-3-1-2-4-8-22/h5-6,9-10H,1-4,7-8H2,(H,19,20,21). The lowest BCUT2D eigenvalue weighted by Crippen LogP contribution is -2.25. The summed E-state index contributed by atoms with van der Waals surface area (Å²) in [5.74, 6) is 1.29. The van der Waals surface area contributed by atoms with Gasteiger partial charge in [0.25, 0.3) is 0 Å². The fourth-order valence-electron chi connectivity index (χ4n) is 2.51. The van der Waals surface area contributed by atoms with Crippen molar-refractivity contribution in [2.45, 2.75) is 25.7 Å². The highest BCUT2D eigenvalue weighted by atomic mass is 35.5. The topological polar surface area (TPSA) is 53.9 Å². The smallest absolute Gasteiger partial charge is 0.249 e. The van der Waals surface area contributed by atoms with E-state index in [9.17, 15) is 0 Å². The average Bonchev–Trinajstić information content (AvgIpc) is 2.80. The van der Waals surface area contributed by atoms with Crippen LogP contribution < -0.4 is 10.2 Å². The van der Waals surface area contributed by atoms with Crippen LogP contribution in [0.4, 0.5) is 17.5 Å². The molecule has 1 aliphatic rings. The Kier molecular flexibility index (Phi) is 4.95. The molecule has 1 fully saturated rings. The number of anilines is 3. The Morgan fingerprint density at radius 2 is 1.82 bits per heavy atom. The van der Waals surface area contributed by atoms with Crippen molar-refractivity contribution in [3.05, 3.63) is 34.4 Å². The Balaban J connectivity index is 1.78. The van der Waals surface area contributed by atoms with Crippen LogP contribution in [0.1, 0.15) is 25.7 Å². The van der Waals surface area contributed by atoms with E-state index in [0.717, 1.165) is 18.9 Å². The van der Waals surface area contributed by atoms with Crippen LogP contribution in [-0.4, -0.2) is 28.3 Å². The van der Waals surface area contributed by atoms with Crippen molar-refractivity contribution in [3.63, 3.8) is 0 Å². The number of benzene rings is 1. The van der Waals surface area contributed by atoms with Crippen LogP contribution in [0.2, 0.25) is 10.0 Å². The maximum atomic E-state index is 6.16. The third-order valence-electron chi connectivity index (χ3n) is 3.65. The first-order valence-electron chi connectivity index (χ1n) is 7.39. The Hall–Kier alpha value is -1.59. The van der Waals surface area contributed by atoms with Gasteiger partial charge in [0.2, 0.25) is 5.95 Å². The molecule has 1 aliphatic heterocycles.